The Bertz CT molecular complexity index is 379. The smallest absolute Gasteiger partial charge is 0.255 e. The second-order valence-corrected chi connectivity index (χ2v) is 4.25. The van der Waals surface area contributed by atoms with Gasteiger partial charge in [-0.25, -0.2) is 0 Å². The third-order valence-electron chi connectivity index (χ3n) is 2.36. The molecule has 3 nitrogen and oxygen atoms in total. The van der Waals surface area contributed by atoms with Crippen molar-refractivity contribution in [2.45, 2.75) is 13.8 Å². The van der Waals surface area contributed by atoms with Crippen LogP contribution in [-0.4, -0.2) is 23.4 Å². The van der Waals surface area contributed by atoms with Crippen LogP contribution in [0.2, 0.25) is 0 Å². The fourth-order valence-electron chi connectivity index (χ4n) is 1.26. The molecule has 88 valence electrons. The molecular weight excluding hydrogens is 226 g/mol. The summed E-state index contributed by atoms with van der Waals surface area (Å²) in [5.41, 5.74) is 1.000. The minimum absolute atomic E-state index is 0.0403. The molecule has 1 aromatic rings. The van der Waals surface area contributed by atoms with Crippen LogP contribution in [0.1, 0.15) is 22.8 Å². The first-order valence-corrected chi connectivity index (χ1v) is 5.72. The normalized spacial score (nSPS) is 12.2. The Balaban J connectivity index is 2.70. The minimum Gasteiger partial charge on any atom is -0.507 e. The van der Waals surface area contributed by atoms with E-state index in [9.17, 15) is 9.90 Å². The van der Waals surface area contributed by atoms with Gasteiger partial charge in [-0.2, -0.15) is 0 Å². The van der Waals surface area contributed by atoms with Crippen molar-refractivity contribution in [2.24, 2.45) is 5.92 Å². The van der Waals surface area contributed by atoms with Crippen LogP contribution in [0.4, 0.5) is 0 Å². The molecule has 0 aliphatic heterocycles. The highest BCUT2D eigenvalue weighted by Gasteiger charge is 2.12. The minimum atomic E-state index is -0.266. The first-order valence-electron chi connectivity index (χ1n) is 5.19. The van der Waals surface area contributed by atoms with Crippen molar-refractivity contribution >= 4 is 17.5 Å². The fraction of sp³-hybridized carbons (Fsp3) is 0.417. The van der Waals surface area contributed by atoms with Crippen molar-refractivity contribution in [3.8, 4) is 5.75 Å². The topological polar surface area (TPSA) is 49.3 Å². The second-order valence-electron chi connectivity index (χ2n) is 3.94. The van der Waals surface area contributed by atoms with Crippen LogP contribution in [0.3, 0.4) is 0 Å². The maximum absolute atomic E-state index is 11.7. The van der Waals surface area contributed by atoms with E-state index < -0.39 is 0 Å². The van der Waals surface area contributed by atoms with Gasteiger partial charge in [0.1, 0.15) is 5.75 Å². The number of carbonyl (C=O) groups excluding carboxylic acids is 1. The van der Waals surface area contributed by atoms with Crippen LogP contribution in [0, 0.1) is 12.8 Å². The molecular formula is C12H16ClNO2. The number of phenols is 1. The predicted octanol–water partition coefficient (Wildman–Crippen LogP) is 2.31. The Morgan fingerprint density at radius 3 is 2.88 bits per heavy atom. The van der Waals surface area contributed by atoms with Gasteiger partial charge in [0.25, 0.3) is 5.91 Å². The summed E-state index contributed by atoms with van der Waals surface area (Å²) in [7, 11) is 0. The molecule has 1 atom stereocenters. The molecule has 0 spiro atoms. The van der Waals surface area contributed by atoms with Crippen LogP contribution in [-0.2, 0) is 0 Å². The molecule has 0 fully saturated rings. The number of benzene rings is 1. The molecule has 4 heteroatoms. The van der Waals surface area contributed by atoms with Gasteiger partial charge in [0, 0.05) is 12.4 Å². The Morgan fingerprint density at radius 1 is 1.56 bits per heavy atom. The molecule has 0 bridgehead atoms. The highest BCUT2D eigenvalue weighted by atomic mass is 35.5. The van der Waals surface area contributed by atoms with Gasteiger partial charge in [-0.1, -0.05) is 19.1 Å². The lowest BCUT2D eigenvalue weighted by atomic mass is 10.1. The Hall–Kier alpha value is -1.22. The number of hydrogen-bond acceptors (Lipinski definition) is 2. The number of aryl methyl sites for hydroxylation is 1. The zero-order valence-corrected chi connectivity index (χ0v) is 10.2. The van der Waals surface area contributed by atoms with Crippen molar-refractivity contribution in [3.05, 3.63) is 29.3 Å². The van der Waals surface area contributed by atoms with Crippen LogP contribution >= 0.6 is 11.6 Å². The van der Waals surface area contributed by atoms with Gasteiger partial charge >= 0.3 is 0 Å². The van der Waals surface area contributed by atoms with Gasteiger partial charge in [0.15, 0.2) is 0 Å². The van der Waals surface area contributed by atoms with Crippen LogP contribution in [0.25, 0.3) is 0 Å². The number of amides is 1. The summed E-state index contributed by atoms with van der Waals surface area (Å²) in [6.45, 7) is 4.21. The van der Waals surface area contributed by atoms with Crippen molar-refractivity contribution in [3.63, 3.8) is 0 Å². The third kappa shape index (κ3) is 3.14. The van der Waals surface area contributed by atoms with E-state index in [1.165, 1.54) is 0 Å². The van der Waals surface area contributed by atoms with E-state index in [0.717, 1.165) is 0 Å². The lowest BCUT2D eigenvalue weighted by Crippen LogP contribution is -2.28. The van der Waals surface area contributed by atoms with E-state index in [1.54, 1.807) is 25.1 Å². The summed E-state index contributed by atoms with van der Waals surface area (Å²) in [6, 6.07) is 5.10. The molecule has 0 saturated heterocycles. The monoisotopic (exact) mass is 241 g/mol. The molecule has 0 radical (unpaired) electrons. The maximum atomic E-state index is 11.7. The summed E-state index contributed by atoms with van der Waals surface area (Å²) in [5, 5.41) is 12.4. The number of para-hydroxylation sites is 1. The first-order chi connectivity index (χ1) is 7.56. The Labute approximate surface area is 100 Å². The van der Waals surface area contributed by atoms with Gasteiger partial charge in [-0.05, 0) is 24.5 Å². The number of nitrogens with one attached hydrogen (secondary N) is 1. The summed E-state index contributed by atoms with van der Waals surface area (Å²) < 4.78 is 0. The van der Waals surface area contributed by atoms with E-state index >= 15 is 0 Å². The Morgan fingerprint density at radius 2 is 2.25 bits per heavy atom. The standard InChI is InChI=1S/C12H16ClNO2/c1-8(6-13)7-14-12(16)10-5-3-4-9(2)11(10)15/h3-5,8,15H,6-7H2,1-2H3,(H,14,16). The number of phenolic OH excluding ortho intramolecular Hbond substituents is 1. The van der Waals surface area contributed by atoms with E-state index in [-0.39, 0.29) is 17.6 Å². The lowest BCUT2D eigenvalue weighted by Gasteiger charge is -2.11. The highest BCUT2D eigenvalue weighted by molar-refractivity contribution is 6.18. The zero-order valence-electron chi connectivity index (χ0n) is 9.46. The fourth-order valence-corrected chi connectivity index (χ4v) is 1.37. The summed E-state index contributed by atoms with van der Waals surface area (Å²) in [4.78, 5) is 11.7. The summed E-state index contributed by atoms with van der Waals surface area (Å²) in [5.74, 6) is 0.495. The number of hydrogen-bond donors (Lipinski definition) is 2. The Kier molecular flexibility index (Phi) is 4.62. The molecule has 0 aromatic heterocycles. The largest absolute Gasteiger partial charge is 0.507 e. The number of carbonyl (C=O) groups is 1. The average molecular weight is 242 g/mol. The van der Waals surface area contributed by atoms with Gasteiger partial charge in [0.05, 0.1) is 5.56 Å². The van der Waals surface area contributed by atoms with E-state index in [1.807, 2.05) is 6.92 Å². The van der Waals surface area contributed by atoms with Gasteiger partial charge in [-0.3, -0.25) is 4.79 Å². The van der Waals surface area contributed by atoms with Crippen molar-refractivity contribution in [1.29, 1.82) is 0 Å². The molecule has 0 heterocycles. The molecule has 1 amide bonds. The summed E-state index contributed by atoms with van der Waals surface area (Å²) >= 11 is 5.64. The second kappa shape index (κ2) is 5.75. The summed E-state index contributed by atoms with van der Waals surface area (Å²) in [6.07, 6.45) is 0. The quantitative estimate of drug-likeness (QED) is 0.795. The van der Waals surface area contributed by atoms with Crippen molar-refractivity contribution in [1.82, 2.24) is 5.32 Å². The van der Waals surface area contributed by atoms with Gasteiger partial charge in [-0.15, -0.1) is 11.6 Å². The molecule has 1 aromatic carbocycles. The van der Waals surface area contributed by atoms with Gasteiger partial charge < -0.3 is 10.4 Å². The van der Waals surface area contributed by atoms with Gasteiger partial charge in [0.2, 0.25) is 0 Å². The van der Waals surface area contributed by atoms with E-state index in [4.69, 9.17) is 11.6 Å². The molecule has 16 heavy (non-hydrogen) atoms. The third-order valence-corrected chi connectivity index (χ3v) is 2.88. The van der Waals surface area contributed by atoms with Crippen LogP contribution in [0.5, 0.6) is 5.75 Å². The maximum Gasteiger partial charge on any atom is 0.255 e. The van der Waals surface area contributed by atoms with Crippen molar-refractivity contribution in [2.75, 3.05) is 12.4 Å². The van der Waals surface area contributed by atoms with E-state index in [2.05, 4.69) is 5.32 Å². The highest BCUT2D eigenvalue weighted by Crippen LogP contribution is 2.21. The molecule has 1 unspecified atom stereocenters. The average Bonchev–Trinajstić information content (AvgIpc) is 2.29. The molecule has 0 aliphatic rings. The molecule has 0 aliphatic carbocycles. The SMILES string of the molecule is Cc1cccc(C(=O)NCC(C)CCl)c1O. The zero-order chi connectivity index (χ0) is 12.1. The molecule has 0 saturated carbocycles. The first kappa shape index (κ1) is 12.8. The predicted molar refractivity (Wildman–Crippen MR) is 65.1 cm³/mol. The number of halogens is 1. The number of rotatable bonds is 4. The number of aromatic hydroxyl groups is 1. The molecule has 2 N–H and O–H groups in total. The lowest BCUT2D eigenvalue weighted by molar-refractivity contribution is 0.0946. The van der Waals surface area contributed by atoms with Crippen molar-refractivity contribution < 1.29 is 9.90 Å². The van der Waals surface area contributed by atoms with Crippen LogP contribution < -0.4 is 5.32 Å². The van der Waals surface area contributed by atoms with Crippen LogP contribution in [0.15, 0.2) is 18.2 Å². The number of alkyl halides is 1. The molecule has 1 rings (SSSR count). The van der Waals surface area contributed by atoms with E-state index in [0.29, 0.717) is 23.6 Å².